The molecule has 30 heavy (non-hydrogen) atoms. The Morgan fingerprint density at radius 2 is 2.03 bits per heavy atom. The number of rotatable bonds is 2. The first-order valence-corrected chi connectivity index (χ1v) is 11.5. The summed E-state index contributed by atoms with van der Waals surface area (Å²) in [7, 11) is 0. The number of aromatic nitrogens is 2. The minimum atomic E-state index is 0.0187. The van der Waals surface area contributed by atoms with Crippen LogP contribution in [0.1, 0.15) is 56.7 Å². The highest BCUT2D eigenvalue weighted by molar-refractivity contribution is 7.15. The summed E-state index contributed by atoms with van der Waals surface area (Å²) < 4.78 is 2.48. The van der Waals surface area contributed by atoms with Crippen molar-refractivity contribution in [3.05, 3.63) is 68.0 Å². The standard InChI is InChI=1S/C25H27N3OS/c1-6-27-21-11-15(2)17(12-18(21)16(3)14-25(27,4)5)13-22-23(29)28-20-10-8-7-9-19(20)26-24(28)30-22/h7-13,16H,6,14H2,1-5H3/b22-13-/t16-/m0/s1. The van der Waals surface area contributed by atoms with Gasteiger partial charge in [-0.1, -0.05) is 30.4 Å². The van der Waals surface area contributed by atoms with E-state index >= 15 is 0 Å². The molecule has 0 saturated heterocycles. The van der Waals surface area contributed by atoms with E-state index in [-0.39, 0.29) is 11.1 Å². The lowest BCUT2D eigenvalue weighted by Gasteiger charge is -2.47. The molecular formula is C25H27N3OS. The Bertz CT molecular complexity index is 1400. The highest BCUT2D eigenvalue weighted by Gasteiger charge is 2.35. The Kier molecular flexibility index (Phi) is 4.30. The first-order chi connectivity index (χ1) is 14.3. The quantitative estimate of drug-likeness (QED) is 0.467. The Labute approximate surface area is 180 Å². The molecule has 0 radical (unpaired) electrons. The smallest absolute Gasteiger partial charge is 0.274 e. The molecule has 1 aliphatic rings. The van der Waals surface area contributed by atoms with E-state index in [1.54, 1.807) is 4.40 Å². The average Bonchev–Trinajstić information content (AvgIpc) is 3.19. The van der Waals surface area contributed by atoms with Crippen molar-refractivity contribution in [3.8, 4) is 0 Å². The number of anilines is 1. The van der Waals surface area contributed by atoms with Crippen LogP contribution in [0.4, 0.5) is 5.69 Å². The number of para-hydroxylation sites is 2. The monoisotopic (exact) mass is 417 g/mol. The van der Waals surface area contributed by atoms with Crippen LogP contribution in [-0.2, 0) is 0 Å². The van der Waals surface area contributed by atoms with Crippen molar-refractivity contribution in [2.75, 3.05) is 11.4 Å². The summed E-state index contributed by atoms with van der Waals surface area (Å²) in [5, 5.41) is 0. The minimum absolute atomic E-state index is 0.0187. The largest absolute Gasteiger partial charge is 0.366 e. The zero-order valence-corrected chi connectivity index (χ0v) is 19.0. The molecule has 3 heterocycles. The van der Waals surface area contributed by atoms with Gasteiger partial charge in [0, 0.05) is 17.8 Å². The Balaban J connectivity index is 1.69. The van der Waals surface area contributed by atoms with E-state index in [1.165, 1.54) is 28.2 Å². The van der Waals surface area contributed by atoms with Crippen molar-refractivity contribution in [2.24, 2.45) is 0 Å². The Morgan fingerprint density at radius 1 is 1.27 bits per heavy atom. The highest BCUT2D eigenvalue weighted by atomic mass is 32.1. The lowest BCUT2D eigenvalue weighted by atomic mass is 9.79. The van der Waals surface area contributed by atoms with Crippen molar-refractivity contribution >= 4 is 39.1 Å². The van der Waals surface area contributed by atoms with Crippen molar-refractivity contribution in [1.29, 1.82) is 0 Å². The first-order valence-electron chi connectivity index (χ1n) is 10.6. The molecule has 1 atom stereocenters. The molecule has 5 rings (SSSR count). The van der Waals surface area contributed by atoms with Gasteiger partial charge < -0.3 is 4.90 Å². The SMILES string of the molecule is CCN1c2cc(C)c(/C=c3\sc4nc5ccccc5n4c3=O)cc2[C@@H](C)CC1(C)C. The summed E-state index contributed by atoms with van der Waals surface area (Å²) in [6.07, 6.45) is 3.18. The second-order valence-electron chi connectivity index (χ2n) is 9.06. The Morgan fingerprint density at radius 3 is 2.80 bits per heavy atom. The van der Waals surface area contributed by atoms with E-state index in [4.69, 9.17) is 0 Å². The maximum absolute atomic E-state index is 13.1. The molecule has 0 spiro atoms. The van der Waals surface area contributed by atoms with E-state index in [2.05, 4.69) is 62.7 Å². The molecule has 5 heteroatoms. The summed E-state index contributed by atoms with van der Waals surface area (Å²) in [5.74, 6) is 0.488. The lowest BCUT2D eigenvalue weighted by molar-refractivity contribution is 0.381. The number of hydrogen-bond donors (Lipinski definition) is 0. The lowest BCUT2D eigenvalue weighted by Crippen LogP contribution is -2.48. The van der Waals surface area contributed by atoms with Gasteiger partial charge in [-0.3, -0.25) is 4.79 Å². The number of imidazole rings is 1. The maximum atomic E-state index is 13.1. The van der Waals surface area contributed by atoms with Gasteiger partial charge in [-0.25, -0.2) is 9.38 Å². The molecule has 0 saturated carbocycles. The number of hydrogen-bond acceptors (Lipinski definition) is 4. The molecule has 0 bridgehead atoms. The van der Waals surface area contributed by atoms with Crippen molar-refractivity contribution in [2.45, 2.75) is 52.5 Å². The molecule has 0 aliphatic carbocycles. The van der Waals surface area contributed by atoms with Crippen LogP contribution in [0.25, 0.3) is 22.1 Å². The number of fused-ring (bicyclic) bond motifs is 4. The van der Waals surface area contributed by atoms with E-state index in [1.807, 2.05) is 24.3 Å². The zero-order chi connectivity index (χ0) is 21.2. The van der Waals surface area contributed by atoms with Gasteiger partial charge in [-0.2, -0.15) is 0 Å². The van der Waals surface area contributed by atoms with E-state index in [0.717, 1.165) is 39.1 Å². The summed E-state index contributed by atoms with van der Waals surface area (Å²) >= 11 is 1.47. The molecule has 154 valence electrons. The van der Waals surface area contributed by atoms with Crippen LogP contribution in [0, 0.1) is 6.92 Å². The fourth-order valence-electron chi connectivity index (χ4n) is 5.16. The van der Waals surface area contributed by atoms with Crippen LogP contribution in [0.2, 0.25) is 0 Å². The molecule has 0 fully saturated rings. The fraction of sp³-hybridized carbons (Fsp3) is 0.360. The van der Waals surface area contributed by atoms with Gasteiger partial charge in [0.15, 0.2) is 4.96 Å². The van der Waals surface area contributed by atoms with Crippen LogP contribution in [0.15, 0.2) is 41.2 Å². The molecule has 0 N–H and O–H groups in total. The summed E-state index contributed by atoms with van der Waals surface area (Å²) in [6, 6.07) is 12.4. The maximum Gasteiger partial charge on any atom is 0.274 e. The topological polar surface area (TPSA) is 37.6 Å². The molecule has 4 nitrogen and oxygen atoms in total. The molecule has 2 aromatic heterocycles. The summed E-state index contributed by atoms with van der Waals surface area (Å²) in [5.41, 5.74) is 6.97. The van der Waals surface area contributed by atoms with Gasteiger partial charge in [-0.15, -0.1) is 0 Å². The third-order valence-electron chi connectivity index (χ3n) is 6.52. The summed E-state index contributed by atoms with van der Waals surface area (Å²) in [6.45, 7) is 12.4. The third kappa shape index (κ3) is 2.79. The zero-order valence-electron chi connectivity index (χ0n) is 18.2. The van der Waals surface area contributed by atoms with Crippen molar-refractivity contribution < 1.29 is 0 Å². The van der Waals surface area contributed by atoms with Gasteiger partial charge in [0.2, 0.25) is 0 Å². The molecular weight excluding hydrogens is 390 g/mol. The molecule has 1 aliphatic heterocycles. The van der Waals surface area contributed by atoms with Gasteiger partial charge >= 0.3 is 0 Å². The van der Waals surface area contributed by atoms with Crippen molar-refractivity contribution in [3.63, 3.8) is 0 Å². The fourth-order valence-corrected chi connectivity index (χ4v) is 6.14. The van der Waals surface area contributed by atoms with Crippen LogP contribution in [-0.4, -0.2) is 21.5 Å². The first kappa shape index (κ1) is 19.3. The predicted molar refractivity (Wildman–Crippen MR) is 127 cm³/mol. The van der Waals surface area contributed by atoms with Crippen molar-refractivity contribution in [1.82, 2.24) is 9.38 Å². The van der Waals surface area contributed by atoms with Gasteiger partial charge in [0.1, 0.15) is 0 Å². The Hall–Kier alpha value is -2.66. The second kappa shape index (κ2) is 6.67. The summed E-state index contributed by atoms with van der Waals surface area (Å²) in [4.78, 5) is 21.1. The van der Waals surface area contributed by atoms with Crippen LogP contribution in [0.5, 0.6) is 0 Å². The number of thiazole rings is 1. The highest BCUT2D eigenvalue weighted by Crippen LogP contribution is 2.44. The predicted octanol–water partition coefficient (Wildman–Crippen LogP) is 4.88. The van der Waals surface area contributed by atoms with Crippen LogP contribution < -0.4 is 15.0 Å². The molecule has 2 aromatic carbocycles. The number of aryl methyl sites for hydroxylation is 1. The second-order valence-corrected chi connectivity index (χ2v) is 10.1. The van der Waals surface area contributed by atoms with E-state index in [0.29, 0.717) is 5.92 Å². The molecule has 0 amide bonds. The third-order valence-corrected chi connectivity index (χ3v) is 7.49. The molecule has 4 aromatic rings. The van der Waals surface area contributed by atoms with Gasteiger partial charge in [0.05, 0.1) is 15.6 Å². The van der Waals surface area contributed by atoms with Gasteiger partial charge in [0.25, 0.3) is 5.56 Å². The minimum Gasteiger partial charge on any atom is -0.366 e. The van der Waals surface area contributed by atoms with Crippen LogP contribution in [0.3, 0.4) is 0 Å². The normalized spacial score (nSPS) is 19.0. The average molecular weight is 418 g/mol. The molecule has 0 unspecified atom stereocenters. The van der Waals surface area contributed by atoms with E-state index in [9.17, 15) is 4.79 Å². The van der Waals surface area contributed by atoms with E-state index < -0.39 is 0 Å². The number of nitrogens with zero attached hydrogens (tertiary/aromatic N) is 3. The van der Waals surface area contributed by atoms with Crippen LogP contribution >= 0.6 is 11.3 Å². The number of benzene rings is 2. The van der Waals surface area contributed by atoms with Gasteiger partial charge in [-0.05, 0) is 87.1 Å².